The SMILES string of the molecule is CCOc1nc(-c2c(OC)ccc(Cl)c2Cl)nc2c1CCC2. The van der Waals surface area contributed by atoms with Crippen molar-refractivity contribution in [1.29, 1.82) is 0 Å². The highest BCUT2D eigenvalue weighted by molar-refractivity contribution is 6.43. The predicted octanol–water partition coefficient (Wildman–Crippen LogP) is 4.35. The van der Waals surface area contributed by atoms with Crippen LogP contribution in [0.15, 0.2) is 12.1 Å². The average Bonchev–Trinajstić information content (AvgIpc) is 2.98. The van der Waals surface area contributed by atoms with Gasteiger partial charge < -0.3 is 9.47 Å². The van der Waals surface area contributed by atoms with Crippen LogP contribution in [0.2, 0.25) is 10.0 Å². The fourth-order valence-corrected chi connectivity index (χ4v) is 3.08. The molecule has 0 atom stereocenters. The van der Waals surface area contributed by atoms with Crippen LogP contribution in [0.5, 0.6) is 11.6 Å². The summed E-state index contributed by atoms with van der Waals surface area (Å²) in [5, 5.41) is 0.834. The number of hydrogen-bond acceptors (Lipinski definition) is 4. The number of halogens is 2. The summed E-state index contributed by atoms with van der Waals surface area (Å²) >= 11 is 12.5. The smallest absolute Gasteiger partial charge is 0.220 e. The number of ether oxygens (including phenoxy) is 2. The average molecular weight is 339 g/mol. The van der Waals surface area contributed by atoms with Crippen molar-refractivity contribution in [2.45, 2.75) is 26.2 Å². The molecule has 3 rings (SSSR count). The van der Waals surface area contributed by atoms with E-state index < -0.39 is 0 Å². The van der Waals surface area contributed by atoms with Gasteiger partial charge in [0.1, 0.15) is 5.75 Å². The lowest BCUT2D eigenvalue weighted by Gasteiger charge is -2.14. The maximum Gasteiger partial charge on any atom is 0.220 e. The maximum atomic E-state index is 6.36. The minimum Gasteiger partial charge on any atom is -0.496 e. The Morgan fingerprint density at radius 2 is 2.00 bits per heavy atom. The first kappa shape index (κ1) is 15.4. The van der Waals surface area contributed by atoms with Crippen LogP contribution in [0.3, 0.4) is 0 Å². The van der Waals surface area contributed by atoms with Gasteiger partial charge in [-0.1, -0.05) is 23.2 Å². The highest BCUT2D eigenvalue weighted by Gasteiger charge is 2.24. The summed E-state index contributed by atoms with van der Waals surface area (Å²) in [5.41, 5.74) is 2.72. The number of nitrogens with zero attached hydrogens (tertiary/aromatic N) is 2. The van der Waals surface area contributed by atoms with Gasteiger partial charge in [0, 0.05) is 5.56 Å². The van der Waals surface area contributed by atoms with Crippen LogP contribution in [0.4, 0.5) is 0 Å². The zero-order valence-electron chi connectivity index (χ0n) is 12.4. The van der Waals surface area contributed by atoms with E-state index in [9.17, 15) is 0 Å². The van der Waals surface area contributed by atoms with Crippen molar-refractivity contribution in [1.82, 2.24) is 9.97 Å². The van der Waals surface area contributed by atoms with E-state index in [1.54, 1.807) is 19.2 Å². The molecule has 0 spiro atoms. The number of fused-ring (bicyclic) bond motifs is 1. The van der Waals surface area contributed by atoms with Crippen molar-refractivity contribution >= 4 is 23.2 Å². The van der Waals surface area contributed by atoms with Crippen LogP contribution in [0.25, 0.3) is 11.4 Å². The van der Waals surface area contributed by atoms with Crippen molar-refractivity contribution in [2.24, 2.45) is 0 Å². The molecule has 2 aromatic rings. The molecule has 1 aromatic heterocycles. The Balaban J connectivity index is 2.21. The van der Waals surface area contributed by atoms with Gasteiger partial charge >= 0.3 is 0 Å². The van der Waals surface area contributed by atoms with Gasteiger partial charge in [-0.2, -0.15) is 4.98 Å². The number of benzene rings is 1. The molecule has 0 aliphatic heterocycles. The van der Waals surface area contributed by atoms with Gasteiger partial charge in [-0.3, -0.25) is 0 Å². The molecule has 0 fully saturated rings. The highest BCUT2D eigenvalue weighted by Crippen LogP contribution is 2.41. The summed E-state index contributed by atoms with van der Waals surface area (Å²) in [7, 11) is 1.58. The maximum absolute atomic E-state index is 6.36. The first-order valence-corrected chi connectivity index (χ1v) is 7.96. The number of rotatable bonds is 4. The molecule has 0 unspecified atom stereocenters. The third-order valence-corrected chi connectivity index (χ3v) is 4.48. The van der Waals surface area contributed by atoms with Crippen LogP contribution in [0, 0.1) is 0 Å². The van der Waals surface area contributed by atoms with E-state index in [0.717, 1.165) is 30.5 Å². The molecule has 4 nitrogen and oxygen atoms in total. The molecule has 1 aliphatic rings. The quantitative estimate of drug-likeness (QED) is 0.831. The Morgan fingerprint density at radius 1 is 1.18 bits per heavy atom. The van der Waals surface area contributed by atoms with Crippen LogP contribution < -0.4 is 9.47 Å². The lowest BCUT2D eigenvalue weighted by molar-refractivity contribution is 0.323. The Kier molecular flexibility index (Phi) is 4.41. The van der Waals surface area contributed by atoms with E-state index in [0.29, 0.717) is 39.7 Å². The molecule has 1 heterocycles. The minimum absolute atomic E-state index is 0.390. The molecule has 116 valence electrons. The fraction of sp³-hybridized carbons (Fsp3) is 0.375. The number of hydrogen-bond donors (Lipinski definition) is 0. The van der Waals surface area contributed by atoms with Crippen LogP contribution in [0.1, 0.15) is 24.6 Å². The lowest BCUT2D eigenvalue weighted by atomic mass is 10.1. The Labute approximate surface area is 139 Å². The number of methoxy groups -OCH3 is 1. The topological polar surface area (TPSA) is 44.2 Å². The van der Waals surface area contributed by atoms with Gasteiger partial charge in [-0.25, -0.2) is 4.98 Å². The molecule has 0 saturated heterocycles. The molecule has 0 N–H and O–H groups in total. The Morgan fingerprint density at radius 3 is 2.73 bits per heavy atom. The summed E-state index contributed by atoms with van der Waals surface area (Å²) in [6, 6.07) is 3.46. The van der Waals surface area contributed by atoms with E-state index in [1.165, 1.54) is 0 Å². The zero-order chi connectivity index (χ0) is 15.7. The second-order valence-corrected chi connectivity index (χ2v) is 5.79. The minimum atomic E-state index is 0.390. The largest absolute Gasteiger partial charge is 0.496 e. The molecule has 0 radical (unpaired) electrons. The highest BCUT2D eigenvalue weighted by atomic mass is 35.5. The Bertz CT molecular complexity index is 720. The van der Waals surface area contributed by atoms with E-state index in [1.807, 2.05) is 6.92 Å². The second-order valence-electron chi connectivity index (χ2n) is 5.00. The molecule has 1 aromatic carbocycles. The van der Waals surface area contributed by atoms with Gasteiger partial charge in [0.05, 0.1) is 35.0 Å². The first-order chi connectivity index (χ1) is 10.7. The van der Waals surface area contributed by atoms with Crippen LogP contribution in [-0.2, 0) is 12.8 Å². The molecule has 1 aliphatic carbocycles. The van der Waals surface area contributed by atoms with Gasteiger partial charge in [0.15, 0.2) is 5.82 Å². The molecular formula is C16H16Cl2N2O2. The van der Waals surface area contributed by atoms with Crippen LogP contribution >= 0.6 is 23.2 Å². The third-order valence-electron chi connectivity index (χ3n) is 3.68. The van der Waals surface area contributed by atoms with Gasteiger partial charge in [0.25, 0.3) is 0 Å². The third kappa shape index (κ3) is 2.61. The van der Waals surface area contributed by atoms with Crippen molar-refractivity contribution in [2.75, 3.05) is 13.7 Å². The van der Waals surface area contributed by atoms with Crippen molar-refractivity contribution < 1.29 is 9.47 Å². The molecule has 6 heteroatoms. The summed E-state index contributed by atoms with van der Waals surface area (Å²) in [6.07, 6.45) is 2.94. The lowest BCUT2D eigenvalue weighted by Crippen LogP contribution is -2.04. The molecule has 0 saturated carbocycles. The molecular weight excluding hydrogens is 323 g/mol. The normalized spacial score (nSPS) is 13.1. The zero-order valence-corrected chi connectivity index (χ0v) is 14.0. The number of aryl methyl sites for hydroxylation is 1. The van der Waals surface area contributed by atoms with Crippen molar-refractivity contribution in [3.63, 3.8) is 0 Å². The standard InChI is InChI=1S/C16H16Cl2N2O2/c1-3-22-16-9-5-4-6-11(9)19-15(20-16)13-12(21-2)8-7-10(17)14(13)18/h7-8H,3-6H2,1-2H3. The van der Waals surface area contributed by atoms with Crippen LogP contribution in [-0.4, -0.2) is 23.7 Å². The monoisotopic (exact) mass is 338 g/mol. The Hall–Kier alpha value is -1.52. The second kappa shape index (κ2) is 6.31. The van der Waals surface area contributed by atoms with E-state index in [2.05, 4.69) is 9.97 Å². The predicted molar refractivity (Wildman–Crippen MR) is 87.2 cm³/mol. The molecule has 0 amide bonds. The molecule has 0 bridgehead atoms. The van der Waals surface area contributed by atoms with Crippen molar-refractivity contribution in [3.8, 4) is 23.0 Å². The van der Waals surface area contributed by atoms with Gasteiger partial charge in [-0.05, 0) is 38.3 Å². The summed E-state index contributed by atoms with van der Waals surface area (Å²) in [6.45, 7) is 2.50. The van der Waals surface area contributed by atoms with E-state index in [-0.39, 0.29) is 0 Å². The fourth-order valence-electron chi connectivity index (χ4n) is 2.68. The summed E-state index contributed by atoms with van der Waals surface area (Å²) in [5.74, 6) is 1.72. The van der Waals surface area contributed by atoms with Gasteiger partial charge in [-0.15, -0.1) is 0 Å². The van der Waals surface area contributed by atoms with Gasteiger partial charge in [0.2, 0.25) is 5.88 Å². The first-order valence-electron chi connectivity index (χ1n) is 7.20. The van der Waals surface area contributed by atoms with Crippen molar-refractivity contribution in [3.05, 3.63) is 33.4 Å². The van der Waals surface area contributed by atoms with E-state index in [4.69, 9.17) is 32.7 Å². The summed E-state index contributed by atoms with van der Waals surface area (Å²) in [4.78, 5) is 9.22. The van der Waals surface area contributed by atoms with E-state index >= 15 is 0 Å². The summed E-state index contributed by atoms with van der Waals surface area (Å²) < 4.78 is 11.1. The molecule has 22 heavy (non-hydrogen) atoms. The number of aromatic nitrogens is 2.